The molecule has 0 amide bonds. The summed E-state index contributed by atoms with van der Waals surface area (Å²) < 4.78 is 5.29. The van der Waals surface area contributed by atoms with E-state index in [0.717, 1.165) is 0 Å². The van der Waals surface area contributed by atoms with Crippen LogP contribution in [0.3, 0.4) is 0 Å². The van der Waals surface area contributed by atoms with Gasteiger partial charge in [0.25, 0.3) is 6.01 Å². The zero-order valence-electron chi connectivity index (χ0n) is 10.1. The fourth-order valence-electron chi connectivity index (χ4n) is 1.28. The number of aliphatic hydroxyl groups excluding tert-OH is 1. The molecule has 1 heterocycles. The molecule has 15 heavy (non-hydrogen) atoms. The van der Waals surface area contributed by atoms with E-state index in [1.165, 1.54) is 6.26 Å². The summed E-state index contributed by atoms with van der Waals surface area (Å²) in [5.41, 5.74) is 0.723. The third kappa shape index (κ3) is 2.72. The average molecular weight is 212 g/mol. The summed E-state index contributed by atoms with van der Waals surface area (Å²) >= 11 is 0. The lowest BCUT2D eigenvalue weighted by atomic mass is 9.87. The van der Waals surface area contributed by atoms with Gasteiger partial charge >= 0.3 is 0 Å². The summed E-state index contributed by atoms with van der Waals surface area (Å²) in [6.07, 6.45) is 1.49. The molecule has 0 saturated carbocycles. The number of rotatable bonds is 3. The molecule has 0 saturated heterocycles. The lowest BCUT2D eigenvalue weighted by Gasteiger charge is -2.34. The number of oxazole rings is 1. The maximum absolute atomic E-state index is 8.89. The molecular formula is C11H20N2O2. The first-order valence-electron chi connectivity index (χ1n) is 5.14. The molecule has 4 nitrogen and oxygen atoms in total. The van der Waals surface area contributed by atoms with Crippen LogP contribution < -0.4 is 4.90 Å². The molecule has 1 N–H and O–H groups in total. The Balaban J connectivity index is 2.80. The van der Waals surface area contributed by atoms with Crippen molar-refractivity contribution in [2.75, 3.05) is 11.9 Å². The van der Waals surface area contributed by atoms with Crippen LogP contribution >= 0.6 is 0 Å². The van der Waals surface area contributed by atoms with Gasteiger partial charge in [0.15, 0.2) is 0 Å². The van der Waals surface area contributed by atoms with Crippen molar-refractivity contribution in [2.24, 2.45) is 5.41 Å². The Kier molecular flexibility index (Phi) is 3.39. The molecule has 0 aromatic carbocycles. The number of aromatic nitrogens is 1. The monoisotopic (exact) mass is 212 g/mol. The van der Waals surface area contributed by atoms with E-state index in [4.69, 9.17) is 9.52 Å². The fraction of sp³-hybridized carbons (Fsp3) is 0.727. The number of hydrogen-bond donors (Lipinski definition) is 1. The lowest BCUT2D eigenvalue weighted by molar-refractivity contribution is 0.276. The Labute approximate surface area is 90.9 Å². The maximum atomic E-state index is 8.89. The Morgan fingerprint density at radius 1 is 1.53 bits per heavy atom. The quantitative estimate of drug-likeness (QED) is 0.833. The van der Waals surface area contributed by atoms with Gasteiger partial charge in [0.1, 0.15) is 12.0 Å². The molecule has 1 unspecified atom stereocenters. The first-order chi connectivity index (χ1) is 6.86. The third-order valence-corrected chi connectivity index (χ3v) is 2.84. The standard InChI is InChI=1S/C11H20N2O2/c1-8(11(2,3)4)13(5)10-12-9(6-14)7-15-10/h7-8,14H,6H2,1-5H3. The highest BCUT2D eigenvalue weighted by Crippen LogP contribution is 2.26. The molecule has 0 aliphatic heterocycles. The zero-order valence-corrected chi connectivity index (χ0v) is 10.1. The van der Waals surface area contributed by atoms with Crippen LogP contribution in [0, 0.1) is 5.41 Å². The van der Waals surface area contributed by atoms with E-state index in [0.29, 0.717) is 17.8 Å². The zero-order chi connectivity index (χ0) is 11.6. The average Bonchev–Trinajstić information content (AvgIpc) is 2.62. The highest BCUT2D eigenvalue weighted by Gasteiger charge is 2.26. The van der Waals surface area contributed by atoms with E-state index < -0.39 is 0 Å². The van der Waals surface area contributed by atoms with E-state index >= 15 is 0 Å². The Morgan fingerprint density at radius 3 is 2.53 bits per heavy atom. The van der Waals surface area contributed by atoms with Crippen LogP contribution in [0.2, 0.25) is 0 Å². The first-order valence-corrected chi connectivity index (χ1v) is 5.14. The van der Waals surface area contributed by atoms with E-state index in [1.54, 1.807) is 0 Å². The second-order valence-corrected chi connectivity index (χ2v) is 4.93. The summed E-state index contributed by atoms with van der Waals surface area (Å²) in [4.78, 5) is 6.16. The van der Waals surface area contributed by atoms with Crippen LogP contribution in [0.4, 0.5) is 6.01 Å². The van der Waals surface area contributed by atoms with Gasteiger partial charge in [0.2, 0.25) is 0 Å². The van der Waals surface area contributed by atoms with Gasteiger partial charge in [-0.15, -0.1) is 0 Å². The Hall–Kier alpha value is -1.03. The minimum atomic E-state index is -0.0821. The summed E-state index contributed by atoms with van der Waals surface area (Å²) in [5, 5.41) is 8.89. The molecule has 0 fully saturated rings. The van der Waals surface area contributed by atoms with Crippen molar-refractivity contribution in [1.82, 2.24) is 4.98 Å². The lowest BCUT2D eigenvalue weighted by Crippen LogP contribution is -2.39. The second kappa shape index (κ2) is 4.23. The van der Waals surface area contributed by atoms with Crippen LogP contribution in [-0.4, -0.2) is 23.2 Å². The highest BCUT2D eigenvalue weighted by molar-refractivity contribution is 5.27. The fourth-order valence-corrected chi connectivity index (χ4v) is 1.28. The first kappa shape index (κ1) is 12.0. The van der Waals surface area contributed by atoms with Crippen molar-refractivity contribution < 1.29 is 9.52 Å². The SMILES string of the molecule is CC(N(C)c1nc(CO)co1)C(C)(C)C. The number of aliphatic hydroxyl groups is 1. The second-order valence-electron chi connectivity index (χ2n) is 4.93. The van der Waals surface area contributed by atoms with Crippen molar-refractivity contribution in [2.45, 2.75) is 40.3 Å². The number of nitrogens with zero attached hydrogens (tertiary/aromatic N) is 2. The summed E-state index contributed by atoms with van der Waals surface area (Å²) in [7, 11) is 1.95. The molecule has 1 aromatic heterocycles. The van der Waals surface area contributed by atoms with Gasteiger partial charge in [-0.25, -0.2) is 0 Å². The highest BCUT2D eigenvalue weighted by atomic mass is 16.4. The smallest absolute Gasteiger partial charge is 0.297 e. The van der Waals surface area contributed by atoms with Gasteiger partial charge < -0.3 is 14.4 Å². The largest absolute Gasteiger partial charge is 0.432 e. The molecule has 1 aromatic rings. The van der Waals surface area contributed by atoms with Crippen molar-refractivity contribution in [3.8, 4) is 0 Å². The molecule has 0 aliphatic carbocycles. The number of anilines is 1. The maximum Gasteiger partial charge on any atom is 0.297 e. The predicted molar refractivity (Wildman–Crippen MR) is 59.7 cm³/mol. The third-order valence-electron chi connectivity index (χ3n) is 2.84. The van der Waals surface area contributed by atoms with Gasteiger partial charge in [-0.1, -0.05) is 20.8 Å². The molecule has 4 heteroatoms. The molecule has 1 rings (SSSR count). The minimum absolute atomic E-state index is 0.0821. The van der Waals surface area contributed by atoms with Crippen LogP contribution in [-0.2, 0) is 6.61 Å². The molecule has 0 radical (unpaired) electrons. The molecule has 0 aliphatic rings. The van der Waals surface area contributed by atoms with E-state index in [2.05, 4.69) is 32.7 Å². The molecule has 0 spiro atoms. The summed E-state index contributed by atoms with van der Waals surface area (Å²) in [6.45, 7) is 8.56. The predicted octanol–water partition coefficient (Wildman–Crippen LogP) is 2.04. The number of hydrogen-bond acceptors (Lipinski definition) is 4. The Morgan fingerprint density at radius 2 is 2.13 bits per heavy atom. The van der Waals surface area contributed by atoms with Crippen molar-refractivity contribution in [3.05, 3.63) is 12.0 Å². The van der Waals surface area contributed by atoms with Gasteiger partial charge in [-0.05, 0) is 12.3 Å². The molecule has 0 bridgehead atoms. The Bertz CT molecular complexity index is 315. The van der Waals surface area contributed by atoms with Crippen LogP contribution in [0.1, 0.15) is 33.4 Å². The van der Waals surface area contributed by atoms with Crippen molar-refractivity contribution in [1.29, 1.82) is 0 Å². The van der Waals surface area contributed by atoms with E-state index in [-0.39, 0.29) is 12.0 Å². The van der Waals surface area contributed by atoms with Crippen molar-refractivity contribution >= 4 is 6.01 Å². The van der Waals surface area contributed by atoms with Crippen LogP contribution in [0.15, 0.2) is 10.7 Å². The molecule has 86 valence electrons. The van der Waals surface area contributed by atoms with E-state index in [1.807, 2.05) is 11.9 Å². The normalized spacial score (nSPS) is 14.0. The molecular weight excluding hydrogens is 192 g/mol. The van der Waals surface area contributed by atoms with Gasteiger partial charge in [0.05, 0.1) is 6.61 Å². The summed E-state index contributed by atoms with van der Waals surface area (Å²) in [6, 6.07) is 0.865. The molecule has 1 atom stereocenters. The van der Waals surface area contributed by atoms with Gasteiger partial charge in [-0.3, -0.25) is 0 Å². The minimum Gasteiger partial charge on any atom is -0.432 e. The van der Waals surface area contributed by atoms with E-state index in [9.17, 15) is 0 Å². The van der Waals surface area contributed by atoms with Gasteiger partial charge in [0, 0.05) is 13.1 Å². The van der Waals surface area contributed by atoms with Crippen molar-refractivity contribution in [3.63, 3.8) is 0 Å². The van der Waals surface area contributed by atoms with Crippen LogP contribution in [0.25, 0.3) is 0 Å². The summed E-state index contributed by atoms with van der Waals surface area (Å²) in [5.74, 6) is 0. The van der Waals surface area contributed by atoms with Crippen LogP contribution in [0.5, 0.6) is 0 Å². The van der Waals surface area contributed by atoms with Gasteiger partial charge in [-0.2, -0.15) is 4.98 Å². The topological polar surface area (TPSA) is 49.5 Å².